The SMILES string of the molecule is CCCn1c(Nc2ccccc2)nc2nc(C3CCC(OC=O)C3)[nH]c2c1=O. The number of carbonyl (C=O) groups is 1. The lowest BCUT2D eigenvalue weighted by Gasteiger charge is -2.12. The van der Waals surface area contributed by atoms with Crippen molar-refractivity contribution in [1.82, 2.24) is 19.5 Å². The van der Waals surface area contributed by atoms with E-state index in [0.717, 1.165) is 30.8 Å². The fourth-order valence-corrected chi connectivity index (χ4v) is 3.76. The van der Waals surface area contributed by atoms with Gasteiger partial charge in [-0.1, -0.05) is 25.1 Å². The molecule has 0 saturated heterocycles. The van der Waals surface area contributed by atoms with Crippen LogP contribution >= 0.6 is 0 Å². The Morgan fingerprint density at radius 3 is 2.86 bits per heavy atom. The van der Waals surface area contributed by atoms with Crippen LogP contribution in [0.1, 0.15) is 44.3 Å². The lowest BCUT2D eigenvalue weighted by Crippen LogP contribution is -2.24. The summed E-state index contributed by atoms with van der Waals surface area (Å²) in [5.41, 5.74) is 1.55. The molecule has 146 valence electrons. The molecule has 0 radical (unpaired) electrons. The molecule has 1 saturated carbocycles. The molecule has 1 aromatic carbocycles. The summed E-state index contributed by atoms with van der Waals surface area (Å²) in [5.74, 6) is 1.34. The summed E-state index contributed by atoms with van der Waals surface area (Å²) in [6.07, 6.45) is 3.09. The Hall–Kier alpha value is -3.16. The molecule has 1 fully saturated rings. The van der Waals surface area contributed by atoms with Gasteiger partial charge in [-0.15, -0.1) is 0 Å². The number of rotatable bonds is 7. The van der Waals surface area contributed by atoms with Crippen molar-refractivity contribution < 1.29 is 9.53 Å². The highest BCUT2D eigenvalue weighted by atomic mass is 16.5. The number of nitrogens with zero attached hydrogens (tertiary/aromatic N) is 3. The van der Waals surface area contributed by atoms with Crippen molar-refractivity contribution in [1.29, 1.82) is 0 Å². The number of para-hydroxylation sites is 1. The van der Waals surface area contributed by atoms with Crippen LogP contribution in [-0.4, -0.2) is 32.1 Å². The number of aromatic amines is 1. The van der Waals surface area contributed by atoms with E-state index in [1.165, 1.54) is 0 Å². The highest BCUT2D eigenvalue weighted by molar-refractivity contribution is 5.72. The second kappa shape index (κ2) is 7.84. The Morgan fingerprint density at radius 2 is 2.11 bits per heavy atom. The molecule has 1 aliphatic rings. The molecule has 8 heteroatoms. The molecule has 28 heavy (non-hydrogen) atoms. The van der Waals surface area contributed by atoms with Crippen LogP contribution in [0, 0.1) is 0 Å². The predicted octanol–water partition coefficient (Wildman–Crippen LogP) is 3.08. The predicted molar refractivity (Wildman–Crippen MR) is 106 cm³/mol. The molecule has 4 rings (SSSR count). The minimum atomic E-state index is -0.136. The van der Waals surface area contributed by atoms with Crippen molar-refractivity contribution in [2.45, 2.75) is 51.2 Å². The summed E-state index contributed by atoms with van der Waals surface area (Å²) < 4.78 is 6.72. The zero-order chi connectivity index (χ0) is 19.5. The van der Waals surface area contributed by atoms with Gasteiger partial charge in [-0.2, -0.15) is 4.98 Å². The van der Waals surface area contributed by atoms with Gasteiger partial charge < -0.3 is 15.0 Å². The summed E-state index contributed by atoms with van der Waals surface area (Å²) in [7, 11) is 0. The lowest BCUT2D eigenvalue weighted by molar-refractivity contribution is -0.133. The molecule has 0 amide bonds. The van der Waals surface area contributed by atoms with Crippen LogP contribution in [0.4, 0.5) is 11.6 Å². The third kappa shape index (κ3) is 3.49. The number of imidazole rings is 1. The molecule has 3 aromatic rings. The third-order valence-electron chi connectivity index (χ3n) is 5.13. The molecule has 2 atom stereocenters. The summed E-state index contributed by atoms with van der Waals surface area (Å²) in [6, 6.07) is 9.63. The Balaban J connectivity index is 1.71. The average molecular weight is 381 g/mol. The van der Waals surface area contributed by atoms with E-state index in [1.807, 2.05) is 37.3 Å². The first-order chi connectivity index (χ1) is 13.7. The first-order valence-corrected chi connectivity index (χ1v) is 9.61. The number of fused-ring (bicyclic) bond motifs is 1. The van der Waals surface area contributed by atoms with E-state index in [1.54, 1.807) is 4.57 Å². The number of benzene rings is 1. The van der Waals surface area contributed by atoms with Crippen molar-refractivity contribution in [2.75, 3.05) is 5.32 Å². The molecule has 8 nitrogen and oxygen atoms in total. The average Bonchev–Trinajstić information content (AvgIpc) is 3.33. The Morgan fingerprint density at radius 1 is 1.29 bits per heavy atom. The monoisotopic (exact) mass is 381 g/mol. The van der Waals surface area contributed by atoms with Gasteiger partial charge >= 0.3 is 0 Å². The van der Waals surface area contributed by atoms with E-state index in [4.69, 9.17) is 4.74 Å². The van der Waals surface area contributed by atoms with Gasteiger partial charge in [-0.25, -0.2) is 4.98 Å². The van der Waals surface area contributed by atoms with Gasteiger partial charge in [0.2, 0.25) is 5.95 Å². The number of ether oxygens (including phenoxy) is 1. The van der Waals surface area contributed by atoms with E-state index in [0.29, 0.717) is 36.6 Å². The van der Waals surface area contributed by atoms with Crippen LogP contribution in [0.25, 0.3) is 11.2 Å². The minimum absolute atomic E-state index is 0.0873. The van der Waals surface area contributed by atoms with Crippen LogP contribution < -0.4 is 10.9 Å². The lowest BCUT2D eigenvalue weighted by atomic mass is 10.1. The van der Waals surface area contributed by atoms with Gasteiger partial charge in [-0.05, 0) is 37.8 Å². The fraction of sp³-hybridized carbons (Fsp3) is 0.400. The zero-order valence-electron chi connectivity index (χ0n) is 15.7. The molecule has 1 aliphatic carbocycles. The van der Waals surface area contributed by atoms with E-state index in [9.17, 15) is 9.59 Å². The third-order valence-corrected chi connectivity index (χ3v) is 5.13. The van der Waals surface area contributed by atoms with Gasteiger partial charge in [0, 0.05) is 18.2 Å². The number of aromatic nitrogens is 4. The molecule has 2 aromatic heterocycles. The molecule has 2 unspecified atom stereocenters. The summed E-state index contributed by atoms with van der Waals surface area (Å²) in [6.45, 7) is 3.08. The molecule has 2 heterocycles. The maximum absolute atomic E-state index is 13.1. The summed E-state index contributed by atoms with van der Waals surface area (Å²) >= 11 is 0. The first kappa shape index (κ1) is 18.2. The van der Waals surface area contributed by atoms with E-state index in [2.05, 4.69) is 20.3 Å². The largest absolute Gasteiger partial charge is 0.465 e. The summed E-state index contributed by atoms with van der Waals surface area (Å²) in [4.78, 5) is 36.0. The topological polar surface area (TPSA) is 102 Å². The Bertz CT molecular complexity index is 1030. The van der Waals surface area contributed by atoms with Gasteiger partial charge in [0.05, 0.1) is 0 Å². The standard InChI is InChI=1S/C20H23N5O3/c1-2-10-25-19(27)16-18(24-20(25)21-14-6-4-3-5-7-14)23-17(22-16)13-8-9-15(11-13)28-12-26/h3-7,12-13,15H,2,8-11H2,1H3,(H,21,24)(H,22,23). The van der Waals surface area contributed by atoms with E-state index >= 15 is 0 Å². The Kier molecular flexibility index (Phi) is 5.10. The van der Waals surface area contributed by atoms with Crippen molar-refractivity contribution >= 4 is 29.3 Å². The molecule has 2 N–H and O–H groups in total. The maximum Gasteiger partial charge on any atom is 0.293 e. The van der Waals surface area contributed by atoms with Crippen LogP contribution in [0.5, 0.6) is 0 Å². The normalized spacial score (nSPS) is 19.0. The Labute approximate surface area is 162 Å². The maximum atomic E-state index is 13.1. The van der Waals surface area contributed by atoms with Gasteiger partial charge in [0.1, 0.15) is 11.9 Å². The first-order valence-electron chi connectivity index (χ1n) is 9.61. The fourth-order valence-electron chi connectivity index (χ4n) is 3.76. The molecule has 0 bridgehead atoms. The van der Waals surface area contributed by atoms with Crippen LogP contribution in [0.3, 0.4) is 0 Å². The molecule has 0 spiro atoms. The van der Waals surface area contributed by atoms with Crippen LogP contribution in [0.2, 0.25) is 0 Å². The number of H-pyrrole nitrogens is 1. The highest BCUT2D eigenvalue weighted by Gasteiger charge is 2.30. The van der Waals surface area contributed by atoms with Crippen molar-refractivity contribution in [2.24, 2.45) is 0 Å². The van der Waals surface area contributed by atoms with Gasteiger partial charge in [-0.3, -0.25) is 14.2 Å². The number of anilines is 2. The molecular formula is C20H23N5O3. The van der Waals surface area contributed by atoms with E-state index < -0.39 is 0 Å². The summed E-state index contributed by atoms with van der Waals surface area (Å²) in [5, 5.41) is 3.23. The van der Waals surface area contributed by atoms with Crippen molar-refractivity contribution in [3.8, 4) is 0 Å². The second-order valence-electron chi connectivity index (χ2n) is 7.07. The quantitative estimate of drug-likeness (QED) is 0.610. The van der Waals surface area contributed by atoms with Gasteiger partial charge in [0.25, 0.3) is 12.0 Å². The minimum Gasteiger partial charge on any atom is -0.465 e. The number of hydrogen-bond acceptors (Lipinski definition) is 6. The zero-order valence-corrected chi connectivity index (χ0v) is 15.7. The van der Waals surface area contributed by atoms with Gasteiger partial charge in [0.15, 0.2) is 11.2 Å². The molecule has 0 aliphatic heterocycles. The second-order valence-corrected chi connectivity index (χ2v) is 7.07. The number of carbonyl (C=O) groups excluding carboxylic acids is 1. The van der Waals surface area contributed by atoms with Crippen LogP contribution in [0.15, 0.2) is 35.1 Å². The highest BCUT2D eigenvalue weighted by Crippen LogP contribution is 2.34. The molecular weight excluding hydrogens is 358 g/mol. The number of nitrogens with one attached hydrogen (secondary N) is 2. The van der Waals surface area contributed by atoms with Crippen LogP contribution in [-0.2, 0) is 16.1 Å². The van der Waals surface area contributed by atoms with Crippen molar-refractivity contribution in [3.63, 3.8) is 0 Å². The number of hydrogen-bond donors (Lipinski definition) is 2. The van der Waals surface area contributed by atoms with Crippen molar-refractivity contribution in [3.05, 3.63) is 46.5 Å². The smallest absolute Gasteiger partial charge is 0.293 e. The van der Waals surface area contributed by atoms with E-state index in [-0.39, 0.29) is 17.6 Å².